The van der Waals surface area contributed by atoms with Crippen LogP contribution in [0.5, 0.6) is 0 Å². The van der Waals surface area contributed by atoms with Gasteiger partial charge in [-0.3, -0.25) is 4.90 Å². The molecule has 17 heavy (non-hydrogen) atoms. The fourth-order valence-electron chi connectivity index (χ4n) is 2.76. The Bertz CT molecular complexity index is 386. The Labute approximate surface area is 103 Å². The van der Waals surface area contributed by atoms with Gasteiger partial charge in [-0.25, -0.2) is 0 Å². The first kappa shape index (κ1) is 11.1. The van der Waals surface area contributed by atoms with Gasteiger partial charge in [0.1, 0.15) is 0 Å². The molecule has 1 aromatic rings. The van der Waals surface area contributed by atoms with Crippen LogP contribution in [0.3, 0.4) is 0 Å². The predicted molar refractivity (Wildman–Crippen MR) is 69.6 cm³/mol. The van der Waals surface area contributed by atoms with Gasteiger partial charge in [-0.15, -0.1) is 0 Å². The van der Waals surface area contributed by atoms with Crippen molar-refractivity contribution in [3.8, 4) is 0 Å². The van der Waals surface area contributed by atoms with Crippen molar-refractivity contribution < 1.29 is 4.74 Å². The first-order chi connectivity index (χ1) is 8.43. The average Bonchev–Trinajstić information content (AvgIpc) is 2.86. The Morgan fingerprint density at radius 3 is 3.00 bits per heavy atom. The summed E-state index contributed by atoms with van der Waals surface area (Å²) < 4.78 is 5.37. The molecule has 2 aliphatic rings. The molecule has 0 radical (unpaired) electrons. The van der Waals surface area contributed by atoms with E-state index in [1.165, 1.54) is 30.6 Å². The Morgan fingerprint density at radius 2 is 2.12 bits per heavy atom. The van der Waals surface area contributed by atoms with E-state index in [1.54, 1.807) is 5.56 Å². The van der Waals surface area contributed by atoms with Crippen LogP contribution < -0.4 is 5.32 Å². The molecule has 2 aliphatic heterocycles. The molecule has 92 valence electrons. The fourth-order valence-corrected chi connectivity index (χ4v) is 2.76. The normalized spacial score (nSPS) is 20.0. The van der Waals surface area contributed by atoms with Crippen LogP contribution in [0.15, 0.2) is 18.2 Å². The summed E-state index contributed by atoms with van der Waals surface area (Å²) in [5.41, 5.74) is 4.42. The van der Waals surface area contributed by atoms with Gasteiger partial charge in [0.2, 0.25) is 0 Å². The van der Waals surface area contributed by atoms with E-state index in [4.69, 9.17) is 4.74 Å². The molecule has 0 aromatic heterocycles. The molecule has 1 saturated heterocycles. The van der Waals surface area contributed by atoms with Crippen molar-refractivity contribution >= 4 is 5.69 Å². The molecule has 2 heterocycles. The van der Waals surface area contributed by atoms with Crippen molar-refractivity contribution in [2.45, 2.75) is 12.8 Å². The number of nitrogens with one attached hydrogen (secondary N) is 1. The van der Waals surface area contributed by atoms with Crippen molar-refractivity contribution in [2.75, 3.05) is 44.7 Å². The number of hydrogen-bond acceptors (Lipinski definition) is 3. The summed E-state index contributed by atoms with van der Waals surface area (Å²) in [6.07, 6.45) is 2.36. The van der Waals surface area contributed by atoms with E-state index < -0.39 is 0 Å². The van der Waals surface area contributed by atoms with Crippen LogP contribution in [0.25, 0.3) is 0 Å². The maximum absolute atomic E-state index is 5.37. The monoisotopic (exact) mass is 232 g/mol. The number of rotatable bonds is 3. The van der Waals surface area contributed by atoms with Gasteiger partial charge in [-0.2, -0.15) is 0 Å². The Hall–Kier alpha value is -1.06. The molecule has 3 nitrogen and oxygen atoms in total. The lowest BCUT2D eigenvalue weighted by Gasteiger charge is -2.26. The van der Waals surface area contributed by atoms with Gasteiger partial charge in [-0.1, -0.05) is 12.1 Å². The van der Waals surface area contributed by atoms with Crippen LogP contribution >= 0.6 is 0 Å². The maximum atomic E-state index is 5.37. The van der Waals surface area contributed by atoms with Crippen molar-refractivity contribution in [1.82, 2.24) is 4.90 Å². The second-order valence-corrected chi connectivity index (χ2v) is 4.82. The van der Waals surface area contributed by atoms with Gasteiger partial charge in [0.05, 0.1) is 13.2 Å². The van der Waals surface area contributed by atoms with Crippen molar-refractivity contribution in [1.29, 1.82) is 0 Å². The molecule has 0 aliphatic carbocycles. The van der Waals surface area contributed by atoms with Gasteiger partial charge >= 0.3 is 0 Å². The highest BCUT2D eigenvalue weighted by Crippen LogP contribution is 2.25. The third-order valence-corrected chi connectivity index (χ3v) is 3.76. The molecule has 0 unspecified atom stereocenters. The van der Waals surface area contributed by atoms with E-state index in [0.29, 0.717) is 0 Å². The van der Waals surface area contributed by atoms with Crippen LogP contribution in [-0.4, -0.2) is 44.3 Å². The van der Waals surface area contributed by atoms with Crippen LogP contribution in [0.2, 0.25) is 0 Å². The maximum Gasteiger partial charge on any atom is 0.0594 e. The zero-order valence-corrected chi connectivity index (χ0v) is 10.2. The molecule has 1 aromatic carbocycles. The van der Waals surface area contributed by atoms with Gasteiger partial charge in [0.25, 0.3) is 0 Å². The minimum absolute atomic E-state index is 0.897. The SMILES string of the molecule is c1cc(CCN2CCOCC2)c2c(c1)NCC2. The quantitative estimate of drug-likeness (QED) is 0.855. The first-order valence-corrected chi connectivity index (χ1v) is 6.58. The van der Waals surface area contributed by atoms with Gasteiger partial charge in [-0.05, 0) is 30.0 Å². The number of benzene rings is 1. The highest BCUT2D eigenvalue weighted by Gasteiger charge is 2.15. The molecule has 1 fully saturated rings. The van der Waals surface area contributed by atoms with Crippen molar-refractivity contribution in [3.05, 3.63) is 29.3 Å². The summed E-state index contributed by atoms with van der Waals surface area (Å²) in [4.78, 5) is 2.51. The smallest absolute Gasteiger partial charge is 0.0594 e. The summed E-state index contributed by atoms with van der Waals surface area (Å²) >= 11 is 0. The summed E-state index contributed by atoms with van der Waals surface area (Å²) in [5, 5.41) is 3.44. The van der Waals surface area contributed by atoms with Gasteiger partial charge in [0.15, 0.2) is 0 Å². The van der Waals surface area contributed by atoms with E-state index in [2.05, 4.69) is 28.4 Å². The lowest BCUT2D eigenvalue weighted by atomic mass is 10.0. The van der Waals surface area contributed by atoms with Crippen LogP contribution in [0, 0.1) is 0 Å². The standard InChI is InChI=1S/C14H20N2O/c1-2-12(13-4-6-15-14(13)3-1)5-7-16-8-10-17-11-9-16/h1-3,15H,4-11H2. The number of fused-ring (bicyclic) bond motifs is 1. The molecule has 0 amide bonds. The molecule has 0 atom stereocenters. The van der Waals surface area contributed by atoms with Crippen molar-refractivity contribution in [3.63, 3.8) is 0 Å². The fraction of sp³-hybridized carbons (Fsp3) is 0.571. The van der Waals surface area contributed by atoms with E-state index in [1.807, 2.05) is 0 Å². The van der Waals surface area contributed by atoms with Gasteiger partial charge in [0, 0.05) is 31.9 Å². The summed E-state index contributed by atoms with van der Waals surface area (Å²) in [5.74, 6) is 0. The lowest BCUT2D eigenvalue weighted by molar-refractivity contribution is 0.0384. The second-order valence-electron chi connectivity index (χ2n) is 4.82. The Morgan fingerprint density at radius 1 is 1.24 bits per heavy atom. The van der Waals surface area contributed by atoms with Crippen molar-refractivity contribution in [2.24, 2.45) is 0 Å². The highest BCUT2D eigenvalue weighted by molar-refractivity contribution is 5.58. The second kappa shape index (κ2) is 5.07. The third-order valence-electron chi connectivity index (χ3n) is 3.76. The molecule has 3 heteroatoms. The minimum Gasteiger partial charge on any atom is -0.384 e. The highest BCUT2D eigenvalue weighted by atomic mass is 16.5. The average molecular weight is 232 g/mol. The first-order valence-electron chi connectivity index (χ1n) is 6.58. The number of anilines is 1. The Kier molecular flexibility index (Phi) is 3.29. The van der Waals surface area contributed by atoms with Crippen LogP contribution in [0.1, 0.15) is 11.1 Å². The zero-order valence-electron chi connectivity index (χ0n) is 10.2. The Balaban J connectivity index is 1.63. The topological polar surface area (TPSA) is 24.5 Å². The molecule has 0 saturated carbocycles. The van der Waals surface area contributed by atoms with Gasteiger partial charge < -0.3 is 10.1 Å². The number of ether oxygens (including phenoxy) is 1. The van der Waals surface area contributed by atoms with E-state index in [9.17, 15) is 0 Å². The third kappa shape index (κ3) is 2.45. The van der Waals surface area contributed by atoms with Crippen LogP contribution in [-0.2, 0) is 17.6 Å². The number of hydrogen-bond donors (Lipinski definition) is 1. The molecular weight excluding hydrogens is 212 g/mol. The molecule has 0 spiro atoms. The van der Waals surface area contributed by atoms with E-state index in [0.717, 1.165) is 32.8 Å². The molecule has 0 bridgehead atoms. The largest absolute Gasteiger partial charge is 0.384 e. The van der Waals surface area contributed by atoms with E-state index in [-0.39, 0.29) is 0 Å². The summed E-state index contributed by atoms with van der Waals surface area (Å²) in [6.45, 7) is 6.24. The zero-order chi connectivity index (χ0) is 11.5. The molecular formula is C14H20N2O. The van der Waals surface area contributed by atoms with E-state index >= 15 is 0 Å². The predicted octanol–water partition coefficient (Wildman–Crippen LogP) is 1.53. The summed E-state index contributed by atoms with van der Waals surface area (Å²) in [6, 6.07) is 6.65. The van der Waals surface area contributed by atoms with Crippen LogP contribution in [0.4, 0.5) is 5.69 Å². The minimum atomic E-state index is 0.897. The number of nitrogens with zero attached hydrogens (tertiary/aromatic N) is 1. The number of morpholine rings is 1. The summed E-state index contributed by atoms with van der Waals surface area (Å²) in [7, 11) is 0. The lowest BCUT2D eigenvalue weighted by Crippen LogP contribution is -2.37. The molecule has 3 rings (SSSR count). The molecule has 1 N–H and O–H groups in total.